The molecule has 0 amide bonds. The van der Waals surface area contributed by atoms with Gasteiger partial charge in [0, 0.05) is 30.8 Å². The zero-order valence-corrected chi connectivity index (χ0v) is 16.3. The fourth-order valence-electron chi connectivity index (χ4n) is 3.11. The first-order valence-corrected chi connectivity index (χ1v) is 11.4. The summed E-state index contributed by atoms with van der Waals surface area (Å²) in [6.07, 6.45) is 2.07. The molecule has 4 rings (SSSR count). The maximum atomic E-state index is 12.8. The normalized spacial score (nSPS) is 16.0. The van der Waals surface area contributed by atoms with E-state index in [0.29, 0.717) is 31.7 Å². The third-order valence-corrected chi connectivity index (χ3v) is 7.44. The third kappa shape index (κ3) is 3.67. The number of nitrogens with zero attached hydrogens (tertiary/aromatic N) is 4. The molecule has 0 aliphatic carbocycles. The fourth-order valence-corrected chi connectivity index (χ4v) is 5.69. The summed E-state index contributed by atoms with van der Waals surface area (Å²) >= 11 is 1.75. The van der Waals surface area contributed by atoms with Gasteiger partial charge in [-0.1, -0.05) is 30.3 Å². The van der Waals surface area contributed by atoms with Gasteiger partial charge in [-0.25, -0.2) is 22.3 Å². The number of aryl methyl sites for hydroxylation is 2. The van der Waals surface area contributed by atoms with Crippen LogP contribution < -0.4 is 5.69 Å². The van der Waals surface area contributed by atoms with Gasteiger partial charge in [-0.2, -0.15) is 16.1 Å². The lowest BCUT2D eigenvalue weighted by Gasteiger charge is -2.25. The first kappa shape index (κ1) is 18.3. The number of benzene rings is 1. The Hall–Kier alpha value is -2.10. The topological polar surface area (TPSA) is 76.7 Å². The van der Waals surface area contributed by atoms with Gasteiger partial charge in [-0.05, 0) is 24.1 Å². The van der Waals surface area contributed by atoms with E-state index in [4.69, 9.17) is 0 Å². The minimum absolute atomic E-state index is 0.131. The SMILES string of the molecule is O=c1n(CCc2ccccc2)nc2ccc(S(=O)(=O)N3CCSCC3)cn12. The summed E-state index contributed by atoms with van der Waals surface area (Å²) in [7, 11) is -3.59. The average molecular weight is 405 g/mol. The Morgan fingerprint density at radius 3 is 2.52 bits per heavy atom. The van der Waals surface area contributed by atoms with Gasteiger partial charge in [0.15, 0.2) is 5.65 Å². The van der Waals surface area contributed by atoms with Crippen LogP contribution in [0, 0.1) is 0 Å². The zero-order chi connectivity index (χ0) is 18.9. The van der Waals surface area contributed by atoms with Crippen molar-refractivity contribution in [3.05, 3.63) is 64.7 Å². The van der Waals surface area contributed by atoms with Gasteiger partial charge >= 0.3 is 5.69 Å². The second-order valence-corrected chi connectivity index (χ2v) is 9.51. The summed E-state index contributed by atoms with van der Waals surface area (Å²) in [4.78, 5) is 12.8. The first-order valence-electron chi connectivity index (χ1n) is 8.77. The van der Waals surface area contributed by atoms with Crippen molar-refractivity contribution >= 4 is 27.4 Å². The minimum Gasteiger partial charge on any atom is -0.249 e. The number of fused-ring (bicyclic) bond motifs is 1. The van der Waals surface area contributed by atoms with Crippen LogP contribution in [0.1, 0.15) is 5.56 Å². The number of sulfonamides is 1. The van der Waals surface area contributed by atoms with Crippen molar-refractivity contribution in [2.24, 2.45) is 0 Å². The number of hydrogen-bond acceptors (Lipinski definition) is 5. The molecule has 1 saturated heterocycles. The maximum Gasteiger partial charge on any atom is 0.350 e. The Labute approximate surface area is 161 Å². The van der Waals surface area contributed by atoms with Crippen LogP contribution in [0.15, 0.2) is 58.4 Å². The molecule has 0 saturated carbocycles. The number of rotatable bonds is 5. The lowest BCUT2D eigenvalue weighted by Crippen LogP contribution is -2.38. The van der Waals surface area contributed by atoms with Crippen LogP contribution in [-0.4, -0.2) is 51.5 Å². The highest BCUT2D eigenvalue weighted by Gasteiger charge is 2.26. The van der Waals surface area contributed by atoms with Crippen LogP contribution in [0.2, 0.25) is 0 Å². The Bertz CT molecular complexity index is 1100. The van der Waals surface area contributed by atoms with E-state index < -0.39 is 10.0 Å². The standard InChI is InChI=1S/C18H20N4O3S2/c23-18-21-14-16(27(24,25)20-10-12-26-13-11-20)6-7-17(21)19-22(18)9-8-15-4-2-1-3-5-15/h1-7,14H,8-13H2. The lowest BCUT2D eigenvalue weighted by atomic mass is 10.2. The zero-order valence-electron chi connectivity index (χ0n) is 14.7. The van der Waals surface area contributed by atoms with Crippen LogP contribution >= 0.6 is 11.8 Å². The number of hydrogen-bond donors (Lipinski definition) is 0. The Morgan fingerprint density at radius 2 is 1.78 bits per heavy atom. The fraction of sp³-hybridized carbons (Fsp3) is 0.333. The summed E-state index contributed by atoms with van der Waals surface area (Å²) in [5, 5.41) is 4.32. The number of pyridine rings is 1. The first-order chi connectivity index (χ1) is 13.1. The van der Waals surface area contributed by atoms with Crippen LogP contribution in [0.25, 0.3) is 5.65 Å². The second kappa shape index (κ2) is 7.49. The molecule has 3 heterocycles. The predicted molar refractivity (Wildman–Crippen MR) is 106 cm³/mol. The Kier molecular flexibility index (Phi) is 5.07. The minimum atomic E-state index is -3.59. The van der Waals surface area contributed by atoms with Gasteiger partial charge in [0.2, 0.25) is 10.0 Å². The molecule has 1 aliphatic rings. The van der Waals surface area contributed by atoms with Crippen molar-refractivity contribution in [2.45, 2.75) is 17.9 Å². The molecule has 1 aliphatic heterocycles. The summed E-state index contributed by atoms with van der Waals surface area (Å²) in [5.74, 6) is 1.58. The number of aromatic nitrogens is 3. The van der Waals surface area contributed by atoms with Crippen LogP contribution in [0.4, 0.5) is 0 Å². The summed E-state index contributed by atoms with van der Waals surface area (Å²) in [6, 6.07) is 13.0. The van der Waals surface area contributed by atoms with Crippen molar-refractivity contribution in [3.63, 3.8) is 0 Å². The average Bonchev–Trinajstić information content (AvgIpc) is 3.03. The van der Waals surface area contributed by atoms with Gasteiger partial charge in [-0.3, -0.25) is 0 Å². The van der Waals surface area contributed by atoms with E-state index in [-0.39, 0.29) is 10.6 Å². The van der Waals surface area contributed by atoms with Crippen molar-refractivity contribution < 1.29 is 8.42 Å². The summed E-state index contributed by atoms with van der Waals surface area (Å²) < 4.78 is 29.9. The largest absolute Gasteiger partial charge is 0.350 e. The molecule has 0 N–H and O–H groups in total. The van der Waals surface area contributed by atoms with Gasteiger partial charge in [0.05, 0.1) is 11.4 Å². The molecule has 9 heteroatoms. The summed E-state index contributed by atoms with van der Waals surface area (Å²) in [6.45, 7) is 1.43. The second-order valence-electron chi connectivity index (χ2n) is 6.35. The number of thioether (sulfide) groups is 1. The Balaban J connectivity index is 1.63. The van der Waals surface area contributed by atoms with Gasteiger partial charge in [0.1, 0.15) is 0 Å². The molecule has 0 bridgehead atoms. The van der Waals surface area contributed by atoms with Crippen LogP contribution in [0.5, 0.6) is 0 Å². The Morgan fingerprint density at radius 1 is 1.04 bits per heavy atom. The molecular formula is C18H20N4O3S2. The van der Waals surface area contributed by atoms with Crippen molar-refractivity contribution in [1.29, 1.82) is 0 Å². The van der Waals surface area contributed by atoms with Crippen molar-refractivity contribution in [2.75, 3.05) is 24.6 Å². The highest BCUT2D eigenvalue weighted by atomic mass is 32.2. The smallest absolute Gasteiger partial charge is 0.249 e. The van der Waals surface area contributed by atoms with Crippen LogP contribution in [0.3, 0.4) is 0 Å². The summed E-state index contributed by atoms with van der Waals surface area (Å²) in [5.41, 5.74) is 1.24. The molecule has 7 nitrogen and oxygen atoms in total. The van der Waals surface area contributed by atoms with Crippen molar-refractivity contribution in [1.82, 2.24) is 18.5 Å². The van der Waals surface area contributed by atoms with Gasteiger partial charge < -0.3 is 0 Å². The highest BCUT2D eigenvalue weighted by Crippen LogP contribution is 2.20. The third-order valence-electron chi connectivity index (χ3n) is 4.61. The predicted octanol–water partition coefficient (Wildman–Crippen LogP) is 1.48. The molecular weight excluding hydrogens is 384 g/mol. The maximum absolute atomic E-state index is 12.8. The van der Waals surface area contributed by atoms with E-state index in [1.54, 1.807) is 17.8 Å². The van der Waals surface area contributed by atoms with E-state index in [1.807, 2.05) is 30.3 Å². The molecule has 1 fully saturated rings. The molecule has 3 aromatic rings. The lowest BCUT2D eigenvalue weighted by molar-refractivity contribution is 0.443. The molecule has 0 unspecified atom stereocenters. The molecule has 2 aromatic heterocycles. The van der Waals surface area contributed by atoms with Crippen LogP contribution in [-0.2, 0) is 23.0 Å². The van der Waals surface area contributed by atoms with Gasteiger partial charge in [-0.15, -0.1) is 5.10 Å². The molecule has 0 spiro atoms. The van der Waals surface area contributed by atoms with E-state index in [2.05, 4.69) is 5.10 Å². The van der Waals surface area contributed by atoms with E-state index in [9.17, 15) is 13.2 Å². The molecule has 142 valence electrons. The molecule has 27 heavy (non-hydrogen) atoms. The molecule has 0 atom stereocenters. The monoisotopic (exact) mass is 404 g/mol. The van der Waals surface area contributed by atoms with E-state index >= 15 is 0 Å². The molecule has 1 aromatic carbocycles. The van der Waals surface area contributed by atoms with Gasteiger partial charge in [0.25, 0.3) is 0 Å². The molecule has 0 radical (unpaired) electrons. The van der Waals surface area contributed by atoms with E-state index in [1.165, 1.54) is 25.7 Å². The quantitative estimate of drug-likeness (QED) is 0.644. The highest BCUT2D eigenvalue weighted by molar-refractivity contribution is 7.99. The van der Waals surface area contributed by atoms with Crippen molar-refractivity contribution in [3.8, 4) is 0 Å². The van der Waals surface area contributed by atoms with E-state index in [0.717, 1.165) is 17.1 Å².